The summed E-state index contributed by atoms with van der Waals surface area (Å²) in [5.41, 5.74) is 7.52. The Morgan fingerprint density at radius 3 is 2.67 bits per heavy atom. The van der Waals surface area contributed by atoms with E-state index in [1.54, 1.807) is 0 Å². The van der Waals surface area contributed by atoms with Crippen molar-refractivity contribution in [3.8, 4) is 0 Å². The van der Waals surface area contributed by atoms with Gasteiger partial charge in [-0.3, -0.25) is 0 Å². The predicted octanol–water partition coefficient (Wildman–Crippen LogP) is 2.87. The van der Waals surface area contributed by atoms with Crippen LogP contribution in [0.3, 0.4) is 0 Å². The highest BCUT2D eigenvalue weighted by atomic mass is 32.1. The fourth-order valence-corrected chi connectivity index (χ4v) is 2.76. The molecule has 0 bridgehead atoms. The molecule has 1 heterocycles. The van der Waals surface area contributed by atoms with Crippen molar-refractivity contribution >= 4 is 23.0 Å². The summed E-state index contributed by atoms with van der Waals surface area (Å²) < 4.78 is 0. The van der Waals surface area contributed by atoms with Crippen LogP contribution in [0.15, 0.2) is 12.1 Å². The molecule has 4 heteroatoms. The fourth-order valence-electron chi connectivity index (χ4n) is 2.64. The number of nitrogens with two attached hydrogens (primary N) is 1. The molecule has 1 aliphatic rings. The van der Waals surface area contributed by atoms with Crippen LogP contribution in [-0.2, 0) is 0 Å². The minimum absolute atomic E-state index is 0.427. The Kier molecular flexibility index (Phi) is 3.85. The van der Waals surface area contributed by atoms with Crippen molar-refractivity contribution in [3.05, 3.63) is 23.4 Å². The standard InChI is InChI=1S/C14H21N3S/c1-8-4-5-12(10(8)3)17-13-7-11(14(15)18)6-9(2)16-13/h6-8,10,12H,4-5H2,1-3H3,(H2,15,18)(H,16,17). The van der Waals surface area contributed by atoms with Gasteiger partial charge in [-0.1, -0.05) is 26.1 Å². The van der Waals surface area contributed by atoms with E-state index >= 15 is 0 Å². The third kappa shape index (κ3) is 2.80. The van der Waals surface area contributed by atoms with Gasteiger partial charge in [0.2, 0.25) is 0 Å². The lowest BCUT2D eigenvalue weighted by molar-refractivity contribution is 0.435. The summed E-state index contributed by atoms with van der Waals surface area (Å²) in [5, 5.41) is 3.53. The summed E-state index contributed by atoms with van der Waals surface area (Å²) in [5.74, 6) is 2.35. The van der Waals surface area contributed by atoms with Crippen LogP contribution in [-0.4, -0.2) is 16.0 Å². The molecule has 98 valence electrons. The third-order valence-corrected chi connectivity index (χ3v) is 4.27. The SMILES string of the molecule is Cc1cc(C(N)=S)cc(NC2CCC(C)C2C)n1. The molecule has 1 saturated carbocycles. The first-order chi connectivity index (χ1) is 8.47. The second-order valence-electron chi connectivity index (χ2n) is 5.41. The molecule has 0 saturated heterocycles. The number of anilines is 1. The van der Waals surface area contributed by atoms with Crippen molar-refractivity contribution in [1.82, 2.24) is 4.98 Å². The Morgan fingerprint density at radius 1 is 1.39 bits per heavy atom. The summed E-state index contributed by atoms with van der Waals surface area (Å²) in [7, 11) is 0. The van der Waals surface area contributed by atoms with Crippen LogP contribution in [0.5, 0.6) is 0 Å². The normalized spacial score (nSPS) is 27.2. The van der Waals surface area contributed by atoms with Crippen LogP contribution >= 0.6 is 12.2 Å². The first-order valence-corrected chi connectivity index (χ1v) is 6.93. The van der Waals surface area contributed by atoms with E-state index in [4.69, 9.17) is 18.0 Å². The summed E-state index contributed by atoms with van der Waals surface area (Å²) >= 11 is 5.03. The maximum atomic E-state index is 5.68. The van der Waals surface area contributed by atoms with Gasteiger partial charge >= 0.3 is 0 Å². The van der Waals surface area contributed by atoms with Gasteiger partial charge in [-0.05, 0) is 43.7 Å². The van der Waals surface area contributed by atoms with Crippen molar-refractivity contribution in [1.29, 1.82) is 0 Å². The average Bonchev–Trinajstić information content (AvgIpc) is 2.60. The highest BCUT2D eigenvalue weighted by molar-refractivity contribution is 7.80. The molecule has 1 aromatic heterocycles. The number of nitrogens with zero attached hydrogens (tertiary/aromatic N) is 1. The second kappa shape index (κ2) is 5.22. The summed E-state index contributed by atoms with van der Waals surface area (Å²) in [6, 6.07) is 4.38. The van der Waals surface area contributed by atoms with Gasteiger partial charge in [0.25, 0.3) is 0 Å². The zero-order valence-corrected chi connectivity index (χ0v) is 12.1. The maximum Gasteiger partial charge on any atom is 0.127 e. The van der Waals surface area contributed by atoms with E-state index in [2.05, 4.69) is 24.1 Å². The van der Waals surface area contributed by atoms with Crippen LogP contribution in [0.1, 0.15) is 37.9 Å². The van der Waals surface area contributed by atoms with Crippen LogP contribution in [0.2, 0.25) is 0 Å². The van der Waals surface area contributed by atoms with Gasteiger partial charge in [0.05, 0.1) is 0 Å². The van der Waals surface area contributed by atoms with Gasteiger partial charge in [-0.25, -0.2) is 4.98 Å². The minimum Gasteiger partial charge on any atom is -0.389 e. The van der Waals surface area contributed by atoms with E-state index in [0.29, 0.717) is 16.9 Å². The number of hydrogen-bond donors (Lipinski definition) is 2. The van der Waals surface area contributed by atoms with Crippen molar-refractivity contribution in [2.45, 2.75) is 39.7 Å². The van der Waals surface area contributed by atoms with E-state index in [1.165, 1.54) is 12.8 Å². The zero-order valence-electron chi connectivity index (χ0n) is 11.2. The number of hydrogen-bond acceptors (Lipinski definition) is 3. The van der Waals surface area contributed by atoms with Crippen LogP contribution in [0, 0.1) is 18.8 Å². The molecule has 1 aliphatic carbocycles. The van der Waals surface area contributed by atoms with Crippen LogP contribution in [0.25, 0.3) is 0 Å². The van der Waals surface area contributed by atoms with E-state index in [9.17, 15) is 0 Å². The van der Waals surface area contributed by atoms with Gasteiger partial charge in [0.15, 0.2) is 0 Å². The summed E-state index contributed by atoms with van der Waals surface area (Å²) in [6.45, 7) is 6.59. The minimum atomic E-state index is 0.427. The Morgan fingerprint density at radius 2 is 2.11 bits per heavy atom. The molecular formula is C14H21N3S. The Bertz CT molecular complexity index is 458. The number of thiocarbonyl (C=S) groups is 1. The van der Waals surface area contributed by atoms with Gasteiger partial charge in [-0.15, -0.1) is 0 Å². The molecule has 1 aromatic rings. The van der Waals surface area contributed by atoms with E-state index in [1.807, 2.05) is 19.1 Å². The average molecular weight is 263 g/mol. The molecule has 0 spiro atoms. The Hall–Kier alpha value is -1.16. The first-order valence-electron chi connectivity index (χ1n) is 6.52. The smallest absolute Gasteiger partial charge is 0.127 e. The Labute approximate surface area is 114 Å². The molecule has 0 radical (unpaired) electrons. The highest BCUT2D eigenvalue weighted by Gasteiger charge is 2.29. The van der Waals surface area contributed by atoms with Gasteiger partial charge in [-0.2, -0.15) is 0 Å². The van der Waals surface area contributed by atoms with Crippen LogP contribution < -0.4 is 11.1 Å². The third-order valence-electron chi connectivity index (χ3n) is 4.04. The van der Waals surface area contributed by atoms with E-state index < -0.39 is 0 Å². The molecule has 3 nitrogen and oxygen atoms in total. The second-order valence-corrected chi connectivity index (χ2v) is 5.85. The van der Waals surface area contributed by atoms with Crippen LogP contribution in [0.4, 0.5) is 5.82 Å². The number of aromatic nitrogens is 1. The summed E-state index contributed by atoms with van der Waals surface area (Å²) in [6.07, 6.45) is 2.49. The molecule has 2 rings (SSSR count). The van der Waals surface area contributed by atoms with Gasteiger partial charge < -0.3 is 11.1 Å². The zero-order chi connectivity index (χ0) is 13.3. The monoisotopic (exact) mass is 263 g/mol. The molecule has 1 fully saturated rings. The van der Waals surface area contributed by atoms with Crippen molar-refractivity contribution in [2.75, 3.05) is 5.32 Å². The molecule has 3 N–H and O–H groups in total. The predicted molar refractivity (Wildman–Crippen MR) is 79.8 cm³/mol. The maximum absolute atomic E-state index is 5.68. The lowest BCUT2D eigenvalue weighted by Gasteiger charge is -2.20. The molecule has 0 aromatic carbocycles. The van der Waals surface area contributed by atoms with Crippen molar-refractivity contribution < 1.29 is 0 Å². The number of nitrogens with one attached hydrogen (secondary N) is 1. The number of rotatable bonds is 3. The number of aryl methyl sites for hydroxylation is 1. The molecule has 3 atom stereocenters. The first kappa shape index (κ1) is 13.3. The molecular weight excluding hydrogens is 242 g/mol. The molecule has 0 amide bonds. The van der Waals surface area contributed by atoms with Gasteiger partial charge in [0, 0.05) is 17.3 Å². The number of pyridine rings is 1. The lowest BCUT2D eigenvalue weighted by Crippen LogP contribution is -2.25. The Balaban J connectivity index is 2.16. The van der Waals surface area contributed by atoms with E-state index in [0.717, 1.165) is 23.0 Å². The largest absolute Gasteiger partial charge is 0.389 e. The quantitative estimate of drug-likeness (QED) is 0.823. The highest BCUT2D eigenvalue weighted by Crippen LogP contribution is 2.33. The van der Waals surface area contributed by atoms with Crippen molar-refractivity contribution in [2.24, 2.45) is 17.6 Å². The topological polar surface area (TPSA) is 50.9 Å². The van der Waals surface area contributed by atoms with Crippen molar-refractivity contribution in [3.63, 3.8) is 0 Å². The van der Waals surface area contributed by atoms with E-state index in [-0.39, 0.29) is 0 Å². The molecule has 0 aliphatic heterocycles. The van der Waals surface area contributed by atoms with Gasteiger partial charge in [0.1, 0.15) is 10.8 Å². The fraction of sp³-hybridized carbons (Fsp3) is 0.571. The molecule has 3 unspecified atom stereocenters. The molecule has 18 heavy (non-hydrogen) atoms. The summed E-state index contributed by atoms with van der Waals surface area (Å²) in [4.78, 5) is 4.94. The lowest BCUT2D eigenvalue weighted by atomic mass is 9.98.